The van der Waals surface area contributed by atoms with E-state index in [0.29, 0.717) is 11.1 Å². The molecule has 4 heteroatoms. The first-order valence-electron chi connectivity index (χ1n) is 8.07. The molecule has 0 unspecified atom stereocenters. The van der Waals surface area contributed by atoms with Gasteiger partial charge in [0.05, 0.1) is 0 Å². The molecule has 3 rings (SSSR count). The van der Waals surface area contributed by atoms with Crippen molar-refractivity contribution in [3.05, 3.63) is 108 Å². The average Bonchev–Trinajstić information content (AvgIpc) is 2.72. The van der Waals surface area contributed by atoms with Gasteiger partial charge in [0.2, 0.25) is 0 Å². The fourth-order valence-corrected chi connectivity index (χ4v) is 2.27. The molecule has 2 heterocycles. The zero-order chi connectivity index (χ0) is 18.2. The number of rotatable bonds is 6. The number of pyridine rings is 2. The molecule has 0 aliphatic carbocycles. The molecule has 0 bridgehead atoms. The van der Waals surface area contributed by atoms with Gasteiger partial charge in [0, 0.05) is 35.9 Å². The van der Waals surface area contributed by atoms with Crippen LogP contribution in [0.3, 0.4) is 0 Å². The Kier molecular flexibility index (Phi) is 5.58. The van der Waals surface area contributed by atoms with E-state index in [0.717, 1.165) is 11.1 Å². The van der Waals surface area contributed by atoms with Gasteiger partial charge in [0.15, 0.2) is 11.6 Å². The summed E-state index contributed by atoms with van der Waals surface area (Å²) in [6.07, 6.45) is 12.9. The normalized spacial score (nSPS) is 11.1. The van der Waals surface area contributed by atoms with Crippen LogP contribution >= 0.6 is 0 Å². The van der Waals surface area contributed by atoms with E-state index in [9.17, 15) is 9.59 Å². The predicted molar refractivity (Wildman–Crippen MR) is 102 cm³/mol. The molecular weight excluding hydrogens is 324 g/mol. The summed E-state index contributed by atoms with van der Waals surface area (Å²) in [6.45, 7) is 0. The van der Waals surface area contributed by atoms with Crippen LogP contribution in [0.4, 0.5) is 0 Å². The highest BCUT2D eigenvalue weighted by atomic mass is 16.1. The molecule has 2 aromatic heterocycles. The highest BCUT2D eigenvalue weighted by molar-refractivity contribution is 6.07. The van der Waals surface area contributed by atoms with E-state index in [1.54, 1.807) is 61.2 Å². The van der Waals surface area contributed by atoms with Gasteiger partial charge in [0.25, 0.3) is 0 Å². The predicted octanol–water partition coefficient (Wildman–Crippen LogP) is 4.27. The zero-order valence-corrected chi connectivity index (χ0v) is 13.9. The number of hydrogen-bond donors (Lipinski definition) is 0. The van der Waals surface area contributed by atoms with Gasteiger partial charge in [-0.1, -0.05) is 36.4 Å². The highest BCUT2D eigenvalue weighted by Crippen LogP contribution is 2.10. The number of ketones is 2. The Morgan fingerprint density at radius 3 is 1.42 bits per heavy atom. The third kappa shape index (κ3) is 4.68. The van der Waals surface area contributed by atoms with Gasteiger partial charge in [-0.3, -0.25) is 19.6 Å². The van der Waals surface area contributed by atoms with Crippen LogP contribution in [0.2, 0.25) is 0 Å². The summed E-state index contributed by atoms with van der Waals surface area (Å²) < 4.78 is 0. The van der Waals surface area contributed by atoms with Crippen molar-refractivity contribution in [2.45, 2.75) is 0 Å². The minimum atomic E-state index is -0.0934. The quantitative estimate of drug-likeness (QED) is 0.497. The van der Waals surface area contributed by atoms with Gasteiger partial charge in [-0.25, -0.2) is 0 Å². The summed E-state index contributed by atoms with van der Waals surface area (Å²) >= 11 is 0. The molecule has 126 valence electrons. The summed E-state index contributed by atoms with van der Waals surface area (Å²) in [5.41, 5.74) is 2.91. The number of nitrogens with zero attached hydrogens (tertiary/aromatic N) is 2. The molecule has 0 atom stereocenters. The topological polar surface area (TPSA) is 59.9 Å². The van der Waals surface area contributed by atoms with Crippen molar-refractivity contribution in [1.82, 2.24) is 9.97 Å². The van der Waals surface area contributed by atoms with Crippen molar-refractivity contribution in [1.29, 1.82) is 0 Å². The third-order valence-corrected chi connectivity index (χ3v) is 3.68. The molecule has 0 aliphatic rings. The molecule has 0 radical (unpaired) electrons. The van der Waals surface area contributed by atoms with Crippen molar-refractivity contribution in [2.75, 3.05) is 0 Å². The van der Waals surface area contributed by atoms with E-state index in [1.165, 1.54) is 12.2 Å². The van der Waals surface area contributed by atoms with Crippen LogP contribution in [0.1, 0.15) is 31.8 Å². The number of benzene rings is 1. The smallest absolute Gasteiger partial charge is 0.187 e. The van der Waals surface area contributed by atoms with Crippen molar-refractivity contribution >= 4 is 23.7 Å². The van der Waals surface area contributed by atoms with E-state index in [4.69, 9.17) is 0 Å². The lowest BCUT2D eigenvalue weighted by Crippen LogP contribution is -1.94. The Morgan fingerprint density at radius 2 is 1.08 bits per heavy atom. The molecule has 4 nitrogen and oxygen atoms in total. The second-order valence-electron chi connectivity index (χ2n) is 5.55. The fourth-order valence-electron chi connectivity index (χ4n) is 2.27. The van der Waals surface area contributed by atoms with Gasteiger partial charge in [-0.2, -0.15) is 0 Å². The minimum Gasteiger partial charge on any atom is -0.289 e. The van der Waals surface area contributed by atoms with E-state index >= 15 is 0 Å². The molecule has 0 spiro atoms. The standard InChI is InChI=1S/C22H16N2O2/c25-21(19-3-1-13-23-15-19)11-9-17-5-7-18(8-6-17)10-12-22(26)20-4-2-14-24-16-20/h1-16H/b11-9-,12-10+. The molecule has 0 amide bonds. The van der Waals surface area contributed by atoms with Gasteiger partial charge in [-0.15, -0.1) is 0 Å². The number of carbonyl (C=O) groups is 2. The molecule has 0 saturated heterocycles. The molecular formula is C22H16N2O2. The first-order chi connectivity index (χ1) is 12.7. The number of aromatic nitrogens is 2. The largest absolute Gasteiger partial charge is 0.289 e. The van der Waals surface area contributed by atoms with Gasteiger partial charge in [0.1, 0.15) is 0 Å². The van der Waals surface area contributed by atoms with Crippen molar-refractivity contribution in [2.24, 2.45) is 0 Å². The lowest BCUT2D eigenvalue weighted by Gasteiger charge is -1.97. The van der Waals surface area contributed by atoms with E-state index in [2.05, 4.69) is 9.97 Å². The third-order valence-electron chi connectivity index (χ3n) is 3.68. The molecule has 0 saturated carbocycles. The number of allylic oxidation sites excluding steroid dienone is 2. The maximum Gasteiger partial charge on any atom is 0.187 e. The SMILES string of the molecule is O=C(/C=C\c1ccc(/C=C/C(=O)c2cccnc2)cc1)c1cccnc1. The second kappa shape index (κ2) is 8.44. The minimum absolute atomic E-state index is 0.0934. The zero-order valence-electron chi connectivity index (χ0n) is 13.9. The molecule has 26 heavy (non-hydrogen) atoms. The highest BCUT2D eigenvalue weighted by Gasteiger charge is 2.01. The van der Waals surface area contributed by atoms with Crippen LogP contribution in [0.5, 0.6) is 0 Å². The Hall–Kier alpha value is -3.66. The molecule has 1 aromatic carbocycles. The van der Waals surface area contributed by atoms with E-state index in [1.807, 2.05) is 24.3 Å². The molecule has 0 N–H and O–H groups in total. The summed E-state index contributed by atoms with van der Waals surface area (Å²) in [5.74, 6) is -0.187. The maximum absolute atomic E-state index is 12.0. The Labute approximate surface area is 151 Å². The van der Waals surface area contributed by atoms with Gasteiger partial charge < -0.3 is 0 Å². The Bertz CT molecular complexity index is 864. The van der Waals surface area contributed by atoms with Gasteiger partial charge >= 0.3 is 0 Å². The summed E-state index contributed by atoms with van der Waals surface area (Å²) in [7, 11) is 0. The lowest BCUT2D eigenvalue weighted by molar-refractivity contribution is 0.103. The van der Waals surface area contributed by atoms with Crippen LogP contribution in [0, 0.1) is 0 Å². The Balaban J connectivity index is 1.63. The average molecular weight is 340 g/mol. The summed E-state index contributed by atoms with van der Waals surface area (Å²) in [6, 6.07) is 14.5. The number of carbonyl (C=O) groups excluding carboxylic acids is 2. The van der Waals surface area contributed by atoms with Crippen LogP contribution in [0.15, 0.2) is 85.5 Å². The fraction of sp³-hybridized carbons (Fsp3) is 0. The van der Waals surface area contributed by atoms with Crippen LogP contribution in [-0.2, 0) is 0 Å². The second-order valence-corrected chi connectivity index (χ2v) is 5.55. The molecule has 3 aromatic rings. The molecule has 0 fully saturated rings. The van der Waals surface area contributed by atoms with E-state index < -0.39 is 0 Å². The first-order valence-corrected chi connectivity index (χ1v) is 8.07. The van der Waals surface area contributed by atoms with Crippen LogP contribution in [0.25, 0.3) is 12.2 Å². The summed E-state index contributed by atoms with van der Waals surface area (Å²) in [5, 5.41) is 0. The molecule has 0 aliphatic heterocycles. The van der Waals surface area contributed by atoms with Crippen LogP contribution < -0.4 is 0 Å². The van der Waals surface area contributed by atoms with Crippen molar-refractivity contribution < 1.29 is 9.59 Å². The van der Waals surface area contributed by atoms with Crippen molar-refractivity contribution in [3.8, 4) is 0 Å². The van der Waals surface area contributed by atoms with Crippen molar-refractivity contribution in [3.63, 3.8) is 0 Å². The van der Waals surface area contributed by atoms with E-state index in [-0.39, 0.29) is 11.6 Å². The monoisotopic (exact) mass is 340 g/mol. The lowest BCUT2D eigenvalue weighted by atomic mass is 10.1. The van der Waals surface area contributed by atoms with Gasteiger partial charge in [-0.05, 0) is 47.5 Å². The summed E-state index contributed by atoms with van der Waals surface area (Å²) in [4.78, 5) is 31.9. The van der Waals surface area contributed by atoms with Crippen LogP contribution in [-0.4, -0.2) is 21.5 Å². The Morgan fingerprint density at radius 1 is 0.654 bits per heavy atom. The number of hydrogen-bond acceptors (Lipinski definition) is 4. The maximum atomic E-state index is 12.0. The first kappa shape index (κ1) is 17.2.